The maximum atomic E-state index is 12.2. The van der Waals surface area contributed by atoms with E-state index in [-0.39, 0.29) is 5.91 Å². The zero-order valence-corrected chi connectivity index (χ0v) is 13.5. The second-order valence-electron chi connectivity index (χ2n) is 5.43. The maximum absolute atomic E-state index is 12.2. The largest absolute Gasteiger partial charge is 0.357 e. The minimum absolute atomic E-state index is 0.0445. The van der Waals surface area contributed by atoms with E-state index >= 15 is 0 Å². The van der Waals surface area contributed by atoms with E-state index in [1.165, 1.54) is 22.7 Å². The molecule has 21 heavy (non-hydrogen) atoms. The monoisotopic (exact) mass is 314 g/mol. The van der Waals surface area contributed by atoms with Crippen LogP contribution in [-0.4, -0.2) is 72.7 Å². The Balaban J connectivity index is 1.90. The average Bonchev–Trinajstić information content (AvgIpc) is 2.84. The van der Waals surface area contributed by atoms with Gasteiger partial charge in [0, 0.05) is 59.7 Å². The van der Waals surface area contributed by atoms with Crippen molar-refractivity contribution in [1.29, 1.82) is 0 Å². The minimum atomic E-state index is -3.38. The Kier molecular flexibility index (Phi) is 4.70. The van der Waals surface area contributed by atoms with Gasteiger partial charge in [0.2, 0.25) is 5.91 Å². The molecule has 1 aromatic rings. The number of piperazine rings is 1. The summed E-state index contributed by atoms with van der Waals surface area (Å²) in [5.41, 5.74) is 0.978. The van der Waals surface area contributed by atoms with Gasteiger partial charge in [0.1, 0.15) is 0 Å². The van der Waals surface area contributed by atoms with Crippen LogP contribution in [0.25, 0.3) is 0 Å². The Bertz CT molecular complexity index is 601. The number of nitrogens with zero attached hydrogens (tertiary/aromatic N) is 4. The first-order valence-electron chi connectivity index (χ1n) is 6.87. The van der Waals surface area contributed by atoms with E-state index in [1.54, 1.807) is 4.90 Å². The number of amides is 1. The molecule has 1 aromatic heterocycles. The van der Waals surface area contributed by atoms with Gasteiger partial charge < -0.3 is 9.47 Å². The van der Waals surface area contributed by atoms with Crippen LogP contribution in [0.4, 0.5) is 0 Å². The molecule has 0 atom stereocenters. The maximum Gasteiger partial charge on any atom is 0.281 e. The summed E-state index contributed by atoms with van der Waals surface area (Å²) in [5, 5.41) is 0. The van der Waals surface area contributed by atoms with Gasteiger partial charge in [-0.1, -0.05) is 0 Å². The van der Waals surface area contributed by atoms with Gasteiger partial charge in [-0.2, -0.15) is 17.0 Å². The summed E-state index contributed by atoms with van der Waals surface area (Å²) in [6.07, 6.45) is 4.19. The Morgan fingerprint density at radius 2 is 1.86 bits per heavy atom. The van der Waals surface area contributed by atoms with Gasteiger partial charge >= 0.3 is 0 Å². The SMILES string of the molecule is CN(C)S(=O)(=O)N1CCN(C(=O)Cc2ccn(C)c2)CC1. The highest BCUT2D eigenvalue weighted by Gasteiger charge is 2.30. The molecule has 7 nitrogen and oxygen atoms in total. The predicted molar refractivity (Wildman–Crippen MR) is 79.9 cm³/mol. The molecule has 2 heterocycles. The molecule has 1 aliphatic heterocycles. The summed E-state index contributed by atoms with van der Waals surface area (Å²) >= 11 is 0. The zero-order valence-electron chi connectivity index (χ0n) is 12.7. The van der Waals surface area contributed by atoms with E-state index < -0.39 is 10.2 Å². The molecule has 0 N–H and O–H groups in total. The summed E-state index contributed by atoms with van der Waals surface area (Å²) in [5.74, 6) is 0.0445. The molecule has 118 valence electrons. The highest BCUT2D eigenvalue weighted by molar-refractivity contribution is 7.86. The molecule has 0 unspecified atom stereocenters. The lowest BCUT2D eigenvalue weighted by molar-refractivity contribution is -0.131. The van der Waals surface area contributed by atoms with Crippen molar-refractivity contribution >= 4 is 16.1 Å². The Morgan fingerprint density at radius 3 is 2.33 bits per heavy atom. The first kappa shape index (κ1) is 16.0. The van der Waals surface area contributed by atoms with Gasteiger partial charge in [-0.05, 0) is 11.6 Å². The number of hydrogen-bond donors (Lipinski definition) is 0. The highest BCUT2D eigenvalue weighted by Crippen LogP contribution is 2.11. The molecule has 0 radical (unpaired) electrons. The molecule has 0 aliphatic carbocycles. The lowest BCUT2D eigenvalue weighted by atomic mass is 10.2. The molecule has 1 saturated heterocycles. The fourth-order valence-electron chi connectivity index (χ4n) is 2.35. The van der Waals surface area contributed by atoms with E-state index in [4.69, 9.17) is 0 Å². The number of carbonyl (C=O) groups excluding carboxylic acids is 1. The fourth-order valence-corrected chi connectivity index (χ4v) is 3.44. The molecule has 1 aliphatic rings. The van der Waals surface area contributed by atoms with Crippen LogP contribution in [0.1, 0.15) is 5.56 Å². The molecule has 0 saturated carbocycles. The van der Waals surface area contributed by atoms with Crippen LogP contribution in [0.3, 0.4) is 0 Å². The molecule has 2 rings (SSSR count). The number of rotatable bonds is 4. The van der Waals surface area contributed by atoms with Gasteiger partial charge in [0.15, 0.2) is 0 Å². The van der Waals surface area contributed by atoms with Crippen molar-refractivity contribution in [2.75, 3.05) is 40.3 Å². The summed E-state index contributed by atoms with van der Waals surface area (Å²) in [7, 11) is 1.57. The molecule has 0 aromatic carbocycles. The van der Waals surface area contributed by atoms with Crippen molar-refractivity contribution in [3.63, 3.8) is 0 Å². The Morgan fingerprint density at radius 1 is 1.24 bits per heavy atom. The van der Waals surface area contributed by atoms with Crippen molar-refractivity contribution in [1.82, 2.24) is 18.1 Å². The number of aryl methyl sites for hydroxylation is 1. The third-order valence-corrected chi connectivity index (χ3v) is 5.57. The van der Waals surface area contributed by atoms with Crippen LogP contribution in [-0.2, 0) is 28.5 Å². The highest BCUT2D eigenvalue weighted by atomic mass is 32.2. The van der Waals surface area contributed by atoms with Crippen molar-refractivity contribution in [3.8, 4) is 0 Å². The van der Waals surface area contributed by atoms with Gasteiger partial charge in [-0.15, -0.1) is 0 Å². The quantitative estimate of drug-likeness (QED) is 0.754. The molecule has 0 spiro atoms. The molecule has 8 heteroatoms. The molecule has 1 fully saturated rings. The molecular weight excluding hydrogens is 292 g/mol. The van der Waals surface area contributed by atoms with Crippen LogP contribution in [0.15, 0.2) is 18.5 Å². The normalized spacial score (nSPS) is 17.4. The van der Waals surface area contributed by atoms with Gasteiger partial charge in [-0.3, -0.25) is 4.79 Å². The molecule has 0 bridgehead atoms. The van der Waals surface area contributed by atoms with Gasteiger partial charge in [-0.25, -0.2) is 0 Å². The third-order valence-electron chi connectivity index (χ3n) is 3.63. The van der Waals surface area contributed by atoms with Crippen molar-refractivity contribution in [2.24, 2.45) is 7.05 Å². The van der Waals surface area contributed by atoms with Gasteiger partial charge in [0.25, 0.3) is 10.2 Å². The van der Waals surface area contributed by atoms with E-state index in [2.05, 4.69) is 0 Å². The zero-order chi connectivity index (χ0) is 15.6. The Hall–Kier alpha value is -1.38. The second-order valence-corrected chi connectivity index (χ2v) is 7.57. The van der Waals surface area contributed by atoms with E-state index in [1.807, 2.05) is 30.1 Å². The lowest BCUT2D eigenvalue weighted by Crippen LogP contribution is -2.53. The smallest absolute Gasteiger partial charge is 0.281 e. The second kappa shape index (κ2) is 6.17. The standard InChI is InChI=1S/C13H22N4O3S/c1-14(2)21(19,20)17-8-6-16(7-9-17)13(18)10-12-4-5-15(3)11-12/h4-5,11H,6-10H2,1-3H3. The average molecular weight is 314 g/mol. The first-order chi connectivity index (χ1) is 9.80. The van der Waals surface area contributed by atoms with E-state index in [0.29, 0.717) is 32.6 Å². The minimum Gasteiger partial charge on any atom is -0.357 e. The first-order valence-corrected chi connectivity index (χ1v) is 8.26. The summed E-state index contributed by atoms with van der Waals surface area (Å²) in [4.78, 5) is 13.9. The number of hydrogen-bond acceptors (Lipinski definition) is 3. The van der Waals surface area contributed by atoms with Crippen LogP contribution in [0.2, 0.25) is 0 Å². The third kappa shape index (κ3) is 3.63. The van der Waals surface area contributed by atoms with E-state index in [9.17, 15) is 13.2 Å². The van der Waals surface area contributed by atoms with E-state index in [0.717, 1.165) is 5.56 Å². The summed E-state index contributed by atoms with van der Waals surface area (Å²) in [6.45, 7) is 1.58. The van der Waals surface area contributed by atoms with Gasteiger partial charge in [0.05, 0.1) is 6.42 Å². The summed E-state index contributed by atoms with van der Waals surface area (Å²) in [6, 6.07) is 1.92. The molecular formula is C13H22N4O3S. The number of carbonyl (C=O) groups is 1. The van der Waals surface area contributed by atoms with Crippen molar-refractivity contribution < 1.29 is 13.2 Å². The van der Waals surface area contributed by atoms with Crippen molar-refractivity contribution in [2.45, 2.75) is 6.42 Å². The van der Waals surface area contributed by atoms with Crippen LogP contribution in [0, 0.1) is 0 Å². The number of aromatic nitrogens is 1. The topological polar surface area (TPSA) is 65.9 Å². The lowest BCUT2D eigenvalue weighted by Gasteiger charge is -2.35. The van der Waals surface area contributed by atoms with Crippen LogP contribution < -0.4 is 0 Å². The Labute approximate surface area is 125 Å². The van der Waals surface area contributed by atoms with Crippen LogP contribution in [0.5, 0.6) is 0 Å². The fraction of sp³-hybridized carbons (Fsp3) is 0.615. The molecule has 1 amide bonds. The van der Waals surface area contributed by atoms with Crippen LogP contribution >= 0.6 is 0 Å². The van der Waals surface area contributed by atoms with Crippen molar-refractivity contribution in [3.05, 3.63) is 24.0 Å². The summed E-state index contributed by atoms with van der Waals surface area (Å²) < 4.78 is 28.5. The predicted octanol–water partition coefficient (Wildman–Crippen LogP) is -0.482.